The van der Waals surface area contributed by atoms with Gasteiger partial charge in [0.05, 0.1) is 24.0 Å². The third-order valence-corrected chi connectivity index (χ3v) is 5.14. The molecule has 0 bridgehead atoms. The Morgan fingerprint density at radius 1 is 1.07 bits per heavy atom. The van der Waals surface area contributed by atoms with Crippen molar-refractivity contribution in [3.8, 4) is 5.75 Å². The second-order valence-electron chi connectivity index (χ2n) is 6.00. The Morgan fingerprint density at radius 3 is 2.55 bits per heavy atom. The first-order chi connectivity index (χ1) is 14.2. The predicted octanol–water partition coefficient (Wildman–Crippen LogP) is 4.61. The molecular formula is C22H16N2O4S. The van der Waals surface area contributed by atoms with Crippen LogP contribution in [0.25, 0.3) is 6.08 Å². The standard InChI is InChI=1S/C22H16N2O4S/c1-27-18-12-6-5-11-17(18)24-21(26)19(14-16-10-7-13-28-16)29-22(24)23-20(25)15-8-3-2-4-9-15/h2-14H,1H3/b19-14-,23-22?. The van der Waals surface area contributed by atoms with Gasteiger partial charge in [-0.3, -0.25) is 14.5 Å². The van der Waals surface area contributed by atoms with Crippen molar-refractivity contribution in [1.29, 1.82) is 0 Å². The largest absolute Gasteiger partial charge is 0.495 e. The van der Waals surface area contributed by atoms with Crippen molar-refractivity contribution in [2.24, 2.45) is 4.99 Å². The maximum Gasteiger partial charge on any atom is 0.279 e. The zero-order valence-electron chi connectivity index (χ0n) is 15.4. The SMILES string of the molecule is COc1ccccc1N1C(=O)/C(=C/c2ccco2)SC1=NC(=O)c1ccccc1. The van der Waals surface area contributed by atoms with Gasteiger partial charge in [-0.25, -0.2) is 0 Å². The van der Waals surface area contributed by atoms with Crippen molar-refractivity contribution in [1.82, 2.24) is 0 Å². The van der Waals surface area contributed by atoms with Crippen LogP contribution in [0.15, 0.2) is 87.3 Å². The van der Waals surface area contributed by atoms with E-state index >= 15 is 0 Å². The van der Waals surface area contributed by atoms with E-state index in [2.05, 4.69) is 4.99 Å². The number of nitrogens with zero attached hydrogens (tertiary/aromatic N) is 2. The van der Waals surface area contributed by atoms with Gasteiger partial charge in [-0.15, -0.1) is 0 Å². The van der Waals surface area contributed by atoms with E-state index in [1.165, 1.54) is 18.3 Å². The van der Waals surface area contributed by atoms with Gasteiger partial charge in [-0.05, 0) is 48.2 Å². The summed E-state index contributed by atoms with van der Waals surface area (Å²) >= 11 is 1.11. The molecule has 0 unspecified atom stereocenters. The summed E-state index contributed by atoms with van der Waals surface area (Å²) in [6.07, 6.45) is 3.16. The highest BCUT2D eigenvalue weighted by Gasteiger charge is 2.37. The number of amides is 2. The number of carbonyl (C=O) groups excluding carboxylic acids is 2. The molecule has 1 saturated heterocycles. The van der Waals surface area contributed by atoms with Crippen molar-refractivity contribution < 1.29 is 18.7 Å². The van der Waals surface area contributed by atoms with Crippen molar-refractivity contribution >= 4 is 40.5 Å². The molecule has 2 heterocycles. The summed E-state index contributed by atoms with van der Waals surface area (Å²) in [6, 6.07) is 19.3. The number of para-hydroxylation sites is 2. The Kier molecular flexibility index (Phi) is 5.31. The minimum atomic E-state index is -0.431. The normalized spacial score (nSPS) is 16.6. The molecule has 29 heavy (non-hydrogen) atoms. The van der Waals surface area contributed by atoms with Crippen LogP contribution in [0.4, 0.5) is 5.69 Å². The van der Waals surface area contributed by atoms with Gasteiger partial charge in [0.15, 0.2) is 5.17 Å². The lowest BCUT2D eigenvalue weighted by molar-refractivity contribution is -0.113. The van der Waals surface area contributed by atoms with E-state index in [9.17, 15) is 9.59 Å². The summed E-state index contributed by atoms with van der Waals surface area (Å²) < 4.78 is 10.7. The van der Waals surface area contributed by atoms with Crippen LogP contribution in [-0.4, -0.2) is 24.1 Å². The molecule has 0 atom stereocenters. The van der Waals surface area contributed by atoms with Gasteiger partial charge in [-0.1, -0.05) is 30.3 Å². The number of benzene rings is 2. The topological polar surface area (TPSA) is 72.1 Å². The number of anilines is 1. The lowest BCUT2D eigenvalue weighted by Crippen LogP contribution is -2.29. The van der Waals surface area contributed by atoms with Gasteiger partial charge in [0.1, 0.15) is 11.5 Å². The number of aliphatic imine (C=N–C) groups is 1. The highest BCUT2D eigenvalue weighted by atomic mass is 32.2. The third-order valence-electron chi connectivity index (χ3n) is 4.17. The Hall–Kier alpha value is -3.58. The fourth-order valence-electron chi connectivity index (χ4n) is 2.81. The summed E-state index contributed by atoms with van der Waals surface area (Å²) in [5.41, 5.74) is 0.950. The molecule has 1 aliphatic rings. The molecular weight excluding hydrogens is 388 g/mol. The number of hydrogen-bond donors (Lipinski definition) is 0. The quantitative estimate of drug-likeness (QED) is 0.594. The lowest BCUT2D eigenvalue weighted by atomic mass is 10.2. The molecule has 1 aliphatic heterocycles. The summed E-state index contributed by atoms with van der Waals surface area (Å²) in [6.45, 7) is 0. The molecule has 2 amide bonds. The fourth-order valence-corrected chi connectivity index (χ4v) is 3.76. The van der Waals surface area contributed by atoms with Gasteiger partial charge >= 0.3 is 0 Å². The molecule has 1 fully saturated rings. The number of hydrogen-bond acceptors (Lipinski definition) is 5. The highest BCUT2D eigenvalue weighted by Crippen LogP contribution is 2.39. The van der Waals surface area contributed by atoms with Crippen LogP contribution in [0.5, 0.6) is 5.75 Å². The first kappa shape index (κ1) is 18.8. The van der Waals surface area contributed by atoms with Crippen molar-refractivity contribution in [2.75, 3.05) is 12.0 Å². The molecule has 1 aromatic heterocycles. The first-order valence-electron chi connectivity index (χ1n) is 8.76. The summed E-state index contributed by atoms with van der Waals surface area (Å²) in [4.78, 5) is 31.8. The maximum absolute atomic E-state index is 13.2. The van der Waals surface area contributed by atoms with Crippen LogP contribution >= 0.6 is 11.8 Å². The van der Waals surface area contributed by atoms with Crippen molar-refractivity contribution in [3.05, 3.63) is 89.2 Å². The van der Waals surface area contributed by atoms with E-state index in [0.717, 1.165) is 11.8 Å². The zero-order valence-corrected chi connectivity index (χ0v) is 16.3. The average molecular weight is 404 g/mol. The Morgan fingerprint density at radius 2 is 1.83 bits per heavy atom. The number of rotatable bonds is 4. The number of methoxy groups -OCH3 is 1. The van der Waals surface area contributed by atoms with E-state index in [1.54, 1.807) is 60.7 Å². The van der Waals surface area contributed by atoms with Crippen LogP contribution in [0.1, 0.15) is 16.1 Å². The minimum absolute atomic E-state index is 0.256. The second-order valence-corrected chi connectivity index (χ2v) is 7.01. The van der Waals surface area contributed by atoms with Crippen LogP contribution in [0.2, 0.25) is 0 Å². The van der Waals surface area contributed by atoms with E-state index in [-0.39, 0.29) is 11.1 Å². The predicted molar refractivity (Wildman–Crippen MR) is 113 cm³/mol. The first-order valence-corrected chi connectivity index (χ1v) is 9.57. The molecule has 2 aromatic carbocycles. The van der Waals surface area contributed by atoms with Crippen molar-refractivity contribution in [3.63, 3.8) is 0 Å². The Bertz CT molecular complexity index is 1100. The zero-order chi connectivity index (χ0) is 20.2. The van der Waals surface area contributed by atoms with E-state index < -0.39 is 5.91 Å². The third kappa shape index (κ3) is 3.86. The number of thioether (sulfide) groups is 1. The number of amidine groups is 1. The molecule has 4 rings (SSSR count). The number of furan rings is 1. The summed E-state index contributed by atoms with van der Waals surface area (Å²) in [7, 11) is 1.53. The van der Waals surface area contributed by atoms with E-state index in [1.807, 2.05) is 12.1 Å². The summed E-state index contributed by atoms with van der Waals surface area (Å²) in [5, 5.41) is 0.256. The highest BCUT2D eigenvalue weighted by molar-refractivity contribution is 8.19. The van der Waals surface area contributed by atoms with Crippen LogP contribution in [0.3, 0.4) is 0 Å². The summed E-state index contributed by atoms with van der Waals surface area (Å²) in [5.74, 6) is 0.299. The number of ether oxygens (including phenoxy) is 1. The molecule has 0 saturated carbocycles. The molecule has 6 nitrogen and oxygen atoms in total. The maximum atomic E-state index is 13.2. The van der Waals surface area contributed by atoms with E-state index in [0.29, 0.717) is 27.7 Å². The van der Waals surface area contributed by atoms with Gasteiger partial charge in [0, 0.05) is 11.6 Å². The molecule has 0 aliphatic carbocycles. The molecule has 0 radical (unpaired) electrons. The van der Waals surface area contributed by atoms with Crippen LogP contribution in [0, 0.1) is 0 Å². The molecule has 144 valence electrons. The molecule has 3 aromatic rings. The number of carbonyl (C=O) groups is 2. The average Bonchev–Trinajstić information content (AvgIpc) is 3.37. The fraction of sp³-hybridized carbons (Fsp3) is 0.0455. The minimum Gasteiger partial charge on any atom is -0.495 e. The van der Waals surface area contributed by atoms with Gasteiger partial charge < -0.3 is 9.15 Å². The smallest absolute Gasteiger partial charge is 0.279 e. The van der Waals surface area contributed by atoms with E-state index in [4.69, 9.17) is 9.15 Å². The Balaban J connectivity index is 1.79. The lowest BCUT2D eigenvalue weighted by Gasteiger charge is -2.18. The second kappa shape index (κ2) is 8.20. The molecule has 7 heteroatoms. The van der Waals surface area contributed by atoms with Gasteiger partial charge in [0.25, 0.3) is 11.8 Å². The Labute approximate surface area is 171 Å². The molecule has 0 spiro atoms. The van der Waals surface area contributed by atoms with Crippen LogP contribution in [-0.2, 0) is 4.79 Å². The van der Waals surface area contributed by atoms with Crippen LogP contribution < -0.4 is 9.64 Å². The molecule has 0 N–H and O–H groups in total. The van der Waals surface area contributed by atoms with Gasteiger partial charge in [0.2, 0.25) is 0 Å². The van der Waals surface area contributed by atoms with Gasteiger partial charge in [-0.2, -0.15) is 4.99 Å². The monoisotopic (exact) mass is 404 g/mol. The van der Waals surface area contributed by atoms with Crippen molar-refractivity contribution in [2.45, 2.75) is 0 Å².